The van der Waals surface area contributed by atoms with Crippen molar-refractivity contribution in [2.45, 2.75) is 19.8 Å². The van der Waals surface area contributed by atoms with Crippen molar-refractivity contribution in [1.82, 2.24) is 24.7 Å². The molecule has 0 fully saturated rings. The first-order chi connectivity index (χ1) is 10.7. The van der Waals surface area contributed by atoms with Gasteiger partial charge in [0.1, 0.15) is 11.3 Å². The molecule has 0 amide bonds. The maximum absolute atomic E-state index is 5.25. The van der Waals surface area contributed by atoms with Crippen LogP contribution in [0.1, 0.15) is 25.5 Å². The minimum absolute atomic E-state index is 0.276. The second-order valence-electron chi connectivity index (χ2n) is 5.29. The van der Waals surface area contributed by atoms with E-state index in [-0.39, 0.29) is 5.92 Å². The maximum Gasteiger partial charge on any atom is 0.296 e. The summed E-state index contributed by atoms with van der Waals surface area (Å²) in [5.74, 6) is 1.46. The van der Waals surface area contributed by atoms with Crippen molar-refractivity contribution in [3.63, 3.8) is 0 Å². The third-order valence-corrected chi connectivity index (χ3v) is 3.35. The van der Waals surface area contributed by atoms with E-state index < -0.39 is 0 Å². The van der Waals surface area contributed by atoms with E-state index in [0.717, 1.165) is 11.3 Å². The van der Waals surface area contributed by atoms with Crippen LogP contribution in [0.25, 0.3) is 28.8 Å². The number of fused-ring (bicyclic) bond motifs is 1. The molecule has 0 saturated heterocycles. The van der Waals surface area contributed by atoms with Gasteiger partial charge in [-0.3, -0.25) is 0 Å². The predicted molar refractivity (Wildman–Crippen MR) is 78.1 cm³/mol. The molecule has 0 unspecified atom stereocenters. The fraction of sp³-hybridized carbons (Fsp3) is 0.200. The van der Waals surface area contributed by atoms with Crippen molar-refractivity contribution in [3.8, 4) is 23.2 Å². The van der Waals surface area contributed by atoms with Crippen LogP contribution in [-0.2, 0) is 0 Å². The molecule has 0 bridgehead atoms. The first-order valence-corrected chi connectivity index (χ1v) is 6.95. The number of rotatable bonds is 3. The summed E-state index contributed by atoms with van der Waals surface area (Å²) in [4.78, 5) is 8.79. The second kappa shape index (κ2) is 4.80. The molecule has 0 aromatic carbocycles. The molecule has 4 heterocycles. The molecule has 4 aromatic heterocycles. The first-order valence-electron chi connectivity index (χ1n) is 6.95. The van der Waals surface area contributed by atoms with Crippen LogP contribution in [0.15, 0.2) is 45.7 Å². The Morgan fingerprint density at radius 2 is 2.00 bits per heavy atom. The second-order valence-corrected chi connectivity index (χ2v) is 5.29. The van der Waals surface area contributed by atoms with Crippen molar-refractivity contribution in [2.24, 2.45) is 0 Å². The lowest BCUT2D eigenvalue weighted by Crippen LogP contribution is -1.84. The number of imidazole rings is 1. The molecule has 4 rings (SSSR count). The van der Waals surface area contributed by atoms with Crippen LogP contribution in [-0.4, -0.2) is 24.7 Å². The van der Waals surface area contributed by atoms with Crippen molar-refractivity contribution < 1.29 is 9.05 Å². The van der Waals surface area contributed by atoms with Gasteiger partial charge in [-0.2, -0.15) is 4.98 Å². The zero-order valence-electron chi connectivity index (χ0n) is 12.1. The van der Waals surface area contributed by atoms with Gasteiger partial charge in [0, 0.05) is 18.5 Å². The largest absolute Gasteiger partial charge is 0.351 e. The summed E-state index contributed by atoms with van der Waals surface area (Å²) in [5, 5.41) is 7.95. The lowest BCUT2D eigenvalue weighted by Gasteiger charge is -1.92. The van der Waals surface area contributed by atoms with Crippen molar-refractivity contribution in [1.29, 1.82) is 0 Å². The Bertz CT molecular complexity index is 901. The molecule has 0 N–H and O–H groups in total. The molecular formula is C15H13N5O2. The standard InChI is InChI=1S/C15H13N5O2/c1-9(2)10-7-12(21-18-10)15-17-14(19-22-15)11-8-20-6-4-3-5-13(20)16-11/h3-9H,1-2H3. The smallest absolute Gasteiger partial charge is 0.296 e. The Morgan fingerprint density at radius 1 is 1.09 bits per heavy atom. The summed E-state index contributed by atoms with van der Waals surface area (Å²) in [6.07, 6.45) is 3.77. The van der Waals surface area contributed by atoms with Crippen LogP contribution >= 0.6 is 0 Å². The highest BCUT2D eigenvalue weighted by Gasteiger charge is 2.18. The topological polar surface area (TPSA) is 82.2 Å². The van der Waals surface area contributed by atoms with E-state index in [1.54, 1.807) is 0 Å². The van der Waals surface area contributed by atoms with Crippen LogP contribution in [0, 0.1) is 0 Å². The molecule has 22 heavy (non-hydrogen) atoms. The SMILES string of the molecule is CC(C)c1cc(-c2nc(-c3cn4ccccc4n3)no2)on1. The zero-order valence-corrected chi connectivity index (χ0v) is 12.1. The molecule has 0 saturated carbocycles. The van der Waals surface area contributed by atoms with E-state index >= 15 is 0 Å². The molecule has 0 radical (unpaired) electrons. The van der Waals surface area contributed by atoms with Crippen LogP contribution in [0.5, 0.6) is 0 Å². The molecular weight excluding hydrogens is 282 g/mol. The predicted octanol–water partition coefficient (Wildman–Crippen LogP) is 3.16. The highest BCUT2D eigenvalue weighted by atomic mass is 16.5. The Balaban J connectivity index is 1.70. The van der Waals surface area contributed by atoms with Crippen LogP contribution in [0.3, 0.4) is 0 Å². The highest BCUT2D eigenvalue weighted by Crippen LogP contribution is 2.24. The summed E-state index contributed by atoms with van der Waals surface area (Å²) in [5.41, 5.74) is 2.32. The van der Waals surface area contributed by atoms with Crippen molar-refractivity contribution in [2.75, 3.05) is 0 Å². The van der Waals surface area contributed by atoms with Gasteiger partial charge >= 0.3 is 0 Å². The fourth-order valence-electron chi connectivity index (χ4n) is 2.13. The average molecular weight is 295 g/mol. The van der Waals surface area contributed by atoms with E-state index in [4.69, 9.17) is 9.05 Å². The van der Waals surface area contributed by atoms with Crippen LogP contribution in [0.4, 0.5) is 0 Å². The van der Waals surface area contributed by atoms with Crippen molar-refractivity contribution >= 4 is 5.65 Å². The van der Waals surface area contributed by atoms with E-state index in [9.17, 15) is 0 Å². The Kier molecular flexibility index (Phi) is 2.78. The van der Waals surface area contributed by atoms with Crippen molar-refractivity contribution in [3.05, 3.63) is 42.4 Å². The summed E-state index contributed by atoms with van der Waals surface area (Å²) in [6.45, 7) is 4.08. The lowest BCUT2D eigenvalue weighted by molar-refractivity contribution is 0.380. The molecule has 7 nitrogen and oxygen atoms in total. The first kappa shape index (κ1) is 12.8. The van der Waals surface area contributed by atoms with Gasteiger partial charge in [0.2, 0.25) is 11.6 Å². The minimum Gasteiger partial charge on any atom is -0.351 e. The molecule has 110 valence electrons. The number of nitrogens with zero attached hydrogens (tertiary/aromatic N) is 5. The molecule has 0 aliphatic heterocycles. The Morgan fingerprint density at radius 3 is 2.77 bits per heavy atom. The third kappa shape index (κ3) is 2.07. The summed E-state index contributed by atoms with van der Waals surface area (Å²) in [7, 11) is 0. The molecule has 0 atom stereocenters. The van der Waals surface area contributed by atoms with Gasteiger partial charge < -0.3 is 13.4 Å². The van der Waals surface area contributed by atoms with Gasteiger partial charge in [0.05, 0.1) is 5.69 Å². The highest BCUT2D eigenvalue weighted by molar-refractivity contribution is 5.57. The van der Waals surface area contributed by atoms with Crippen LogP contribution in [0.2, 0.25) is 0 Å². The monoisotopic (exact) mass is 295 g/mol. The van der Waals surface area contributed by atoms with E-state index in [2.05, 4.69) is 20.3 Å². The average Bonchev–Trinajstić information content (AvgIpc) is 3.24. The van der Waals surface area contributed by atoms with Gasteiger partial charge in [-0.1, -0.05) is 30.2 Å². The summed E-state index contributed by atoms with van der Waals surface area (Å²) in [6, 6.07) is 7.58. The quantitative estimate of drug-likeness (QED) is 0.577. The van der Waals surface area contributed by atoms with Gasteiger partial charge in [-0.25, -0.2) is 4.98 Å². The number of aromatic nitrogens is 5. The van der Waals surface area contributed by atoms with Gasteiger partial charge in [-0.15, -0.1) is 0 Å². The Hall–Kier alpha value is -2.96. The number of hydrogen-bond acceptors (Lipinski definition) is 6. The number of hydrogen-bond donors (Lipinski definition) is 0. The zero-order chi connectivity index (χ0) is 15.1. The van der Waals surface area contributed by atoms with E-state index in [0.29, 0.717) is 23.2 Å². The van der Waals surface area contributed by atoms with Crippen LogP contribution < -0.4 is 0 Å². The van der Waals surface area contributed by atoms with E-state index in [1.165, 1.54) is 0 Å². The van der Waals surface area contributed by atoms with E-state index in [1.807, 2.05) is 54.9 Å². The molecule has 0 aliphatic carbocycles. The van der Waals surface area contributed by atoms with Gasteiger partial charge in [0.15, 0.2) is 0 Å². The van der Waals surface area contributed by atoms with Gasteiger partial charge in [0.25, 0.3) is 5.89 Å². The fourth-order valence-corrected chi connectivity index (χ4v) is 2.13. The molecule has 0 spiro atoms. The molecule has 0 aliphatic rings. The molecule has 4 aromatic rings. The summed E-state index contributed by atoms with van der Waals surface area (Å²) >= 11 is 0. The minimum atomic E-state index is 0.276. The molecule has 7 heteroatoms. The van der Waals surface area contributed by atoms with Gasteiger partial charge in [-0.05, 0) is 18.1 Å². The third-order valence-electron chi connectivity index (χ3n) is 3.35. The maximum atomic E-state index is 5.25. The lowest BCUT2D eigenvalue weighted by atomic mass is 10.1. The normalized spacial score (nSPS) is 11.6. The number of pyridine rings is 1. The summed E-state index contributed by atoms with van der Waals surface area (Å²) < 4.78 is 12.4. The Labute approximate surface area is 125 Å².